The Morgan fingerprint density at radius 2 is 1.49 bits per heavy atom. The second kappa shape index (κ2) is 24.2. The van der Waals surface area contributed by atoms with Gasteiger partial charge in [0.25, 0.3) is 8.32 Å². The van der Waals surface area contributed by atoms with Gasteiger partial charge in [-0.15, -0.1) is 0 Å². The number of benzene rings is 3. The molecule has 3 aromatic rings. The van der Waals surface area contributed by atoms with Crippen molar-refractivity contribution >= 4 is 47.1 Å². The SMILES string of the molecule is COCOc1ccc(OCCN=[N+]=[N-])c(/C=C/C[C@@H]2OC(C)(C)O[C@@H]2C(/C=C\[C@@H](C)[C@H](C)CC(C)(C)[Si](O)(c2ccccc2)c2ccccc2)O[Si](C)(C)C(C)(C)C)c1C(=O)OCC[Si](C)(C)C. The summed E-state index contributed by atoms with van der Waals surface area (Å²) in [5.74, 6) is -0.418. The molecule has 0 aliphatic carbocycles. The minimum Gasteiger partial charge on any atom is -0.493 e. The predicted molar refractivity (Wildman–Crippen MR) is 283 cm³/mol. The number of methoxy groups -OCH3 is 1. The Morgan fingerprint density at radius 1 is 0.882 bits per heavy atom. The summed E-state index contributed by atoms with van der Waals surface area (Å²) in [5.41, 5.74) is 9.57. The van der Waals surface area contributed by atoms with Crippen LogP contribution < -0.4 is 19.8 Å². The summed E-state index contributed by atoms with van der Waals surface area (Å²) < 4.78 is 43.9. The van der Waals surface area contributed by atoms with E-state index in [2.05, 4.69) is 128 Å². The molecule has 0 amide bonds. The van der Waals surface area contributed by atoms with E-state index in [0.29, 0.717) is 23.5 Å². The van der Waals surface area contributed by atoms with Crippen LogP contribution in [-0.4, -0.2) is 93.2 Å². The molecule has 5 atom stereocenters. The first-order valence-corrected chi connectivity index (χ1v) is 32.6. The Balaban J connectivity index is 1.71. The lowest BCUT2D eigenvalue weighted by Gasteiger charge is -2.43. The first-order valence-electron chi connectivity index (χ1n) is 24.1. The molecule has 0 aromatic heterocycles. The number of allylic oxidation sites excluding steroid dienone is 1. The van der Waals surface area contributed by atoms with E-state index in [1.807, 2.05) is 62.4 Å². The molecule has 1 fully saturated rings. The van der Waals surface area contributed by atoms with Crippen molar-refractivity contribution in [3.63, 3.8) is 0 Å². The molecule has 1 N–H and O–H groups in total. The molecule has 1 aliphatic rings. The molecule has 15 heteroatoms. The number of hydrogen-bond donors (Lipinski definition) is 1. The van der Waals surface area contributed by atoms with Gasteiger partial charge in [0.1, 0.15) is 23.2 Å². The third kappa shape index (κ3) is 15.2. The highest BCUT2D eigenvalue weighted by Gasteiger charge is 2.51. The van der Waals surface area contributed by atoms with E-state index < -0.39 is 59.8 Å². The van der Waals surface area contributed by atoms with Gasteiger partial charge >= 0.3 is 5.97 Å². The molecule has 1 aliphatic heterocycles. The Morgan fingerprint density at radius 3 is 2.04 bits per heavy atom. The molecule has 1 unspecified atom stereocenters. The van der Waals surface area contributed by atoms with Crippen LogP contribution >= 0.6 is 0 Å². The van der Waals surface area contributed by atoms with Gasteiger partial charge in [0.15, 0.2) is 20.9 Å². The van der Waals surface area contributed by atoms with Crippen LogP contribution in [0.3, 0.4) is 0 Å². The van der Waals surface area contributed by atoms with Crippen LogP contribution in [0.1, 0.15) is 91.1 Å². The molecule has 68 heavy (non-hydrogen) atoms. The van der Waals surface area contributed by atoms with Crippen molar-refractivity contribution in [1.82, 2.24) is 0 Å². The van der Waals surface area contributed by atoms with Gasteiger partial charge < -0.3 is 37.6 Å². The first-order chi connectivity index (χ1) is 31.8. The van der Waals surface area contributed by atoms with Crippen molar-refractivity contribution in [2.75, 3.05) is 33.7 Å². The van der Waals surface area contributed by atoms with Gasteiger partial charge in [-0.05, 0) is 95.8 Å². The smallest absolute Gasteiger partial charge is 0.342 e. The summed E-state index contributed by atoms with van der Waals surface area (Å²) in [4.78, 5) is 29.8. The van der Waals surface area contributed by atoms with Crippen molar-refractivity contribution < 1.29 is 42.4 Å². The molecule has 12 nitrogen and oxygen atoms in total. The number of esters is 1. The molecule has 0 bridgehead atoms. The van der Waals surface area contributed by atoms with Crippen LogP contribution in [0.4, 0.5) is 0 Å². The predicted octanol–water partition coefficient (Wildman–Crippen LogP) is 11.9. The van der Waals surface area contributed by atoms with Crippen LogP contribution in [0, 0.1) is 11.8 Å². The maximum absolute atomic E-state index is 14.0. The third-order valence-corrected chi connectivity index (χ3v) is 24.1. The highest BCUT2D eigenvalue weighted by atomic mass is 28.4. The number of rotatable bonds is 25. The fourth-order valence-electron chi connectivity index (χ4n) is 8.38. The lowest BCUT2D eigenvalue weighted by molar-refractivity contribution is -0.151. The number of ether oxygens (including phenoxy) is 6. The summed E-state index contributed by atoms with van der Waals surface area (Å²) in [6.07, 6.45) is 8.09. The number of carbonyl (C=O) groups excluding carboxylic acids is 1. The topological polar surface area (TPSA) is 151 Å². The van der Waals surface area contributed by atoms with Crippen LogP contribution in [0.2, 0.25) is 48.9 Å². The maximum atomic E-state index is 14.0. The summed E-state index contributed by atoms with van der Waals surface area (Å²) in [7, 11) is -5.58. The lowest BCUT2D eigenvalue weighted by atomic mass is 9.87. The van der Waals surface area contributed by atoms with E-state index in [9.17, 15) is 9.59 Å². The molecule has 0 spiro atoms. The average molecular weight is 989 g/mol. The van der Waals surface area contributed by atoms with E-state index >= 15 is 0 Å². The Kier molecular flexibility index (Phi) is 20.1. The number of hydrogen-bond acceptors (Lipinski definition) is 10. The highest BCUT2D eigenvalue weighted by Crippen LogP contribution is 2.44. The zero-order chi connectivity index (χ0) is 50.6. The standard InChI is InChI=1S/C53H81N3O9Si3/c1-39(40(2)37-52(6,7)68(58,41-23-18-16-19-24-41)42-25-20-17-21-26-42)29-30-47(65-67(14,15)51(3,4)5)49-46(63-53(8,9)64-49)28-22-27-43-44(60-34-33-55-56-54)31-32-45(62-38-59-10)48(43)50(57)61-35-36-66(11,12)13/h16-27,29-32,39-40,46-47,49,58H,28,33-38H2,1-15H3/b27-22+,30-29-/t39-,40-,46+,47?,49+/m1/s1. The average Bonchev–Trinajstić information content (AvgIpc) is 3.58. The molecule has 4 rings (SSSR count). The van der Waals surface area contributed by atoms with Crippen LogP contribution in [0.25, 0.3) is 16.5 Å². The van der Waals surface area contributed by atoms with Crippen molar-refractivity contribution in [2.45, 2.75) is 148 Å². The number of carbonyl (C=O) groups is 1. The van der Waals surface area contributed by atoms with Gasteiger partial charge in [-0.3, -0.25) is 0 Å². The monoisotopic (exact) mass is 988 g/mol. The summed E-state index contributed by atoms with van der Waals surface area (Å²) in [5, 5.41) is 5.15. The van der Waals surface area contributed by atoms with Gasteiger partial charge in [0.2, 0.25) is 0 Å². The van der Waals surface area contributed by atoms with Crippen LogP contribution in [0.15, 0.2) is 96.1 Å². The van der Waals surface area contributed by atoms with Gasteiger partial charge in [0, 0.05) is 25.7 Å². The van der Waals surface area contributed by atoms with Crippen molar-refractivity contribution in [3.05, 3.63) is 113 Å². The van der Waals surface area contributed by atoms with E-state index in [1.54, 1.807) is 12.1 Å². The van der Waals surface area contributed by atoms with Gasteiger partial charge in [-0.2, -0.15) is 0 Å². The number of nitrogens with zero attached hydrogens (tertiary/aromatic N) is 3. The Bertz CT molecular complexity index is 2140. The fourth-order valence-corrected chi connectivity index (χ4v) is 14.2. The molecule has 0 saturated carbocycles. The molecular weight excluding hydrogens is 907 g/mol. The van der Waals surface area contributed by atoms with E-state index in [1.165, 1.54) is 7.11 Å². The van der Waals surface area contributed by atoms with Crippen molar-refractivity contribution in [1.29, 1.82) is 0 Å². The highest BCUT2D eigenvalue weighted by molar-refractivity contribution is 6.98. The maximum Gasteiger partial charge on any atom is 0.342 e. The van der Waals surface area contributed by atoms with Crippen LogP contribution in [-0.2, 0) is 23.4 Å². The molecular formula is C53H81N3O9Si3. The molecule has 374 valence electrons. The van der Waals surface area contributed by atoms with E-state index in [4.69, 9.17) is 38.4 Å². The third-order valence-electron chi connectivity index (χ3n) is 13.4. The zero-order valence-electron chi connectivity index (χ0n) is 43.6. The van der Waals surface area contributed by atoms with Crippen molar-refractivity contribution in [3.8, 4) is 11.5 Å². The molecule has 1 saturated heterocycles. The first kappa shape index (κ1) is 56.6. The summed E-state index contributed by atoms with van der Waals surface area (Å²) in [6.45, 7) is 31.1. The van der Waals surface area contributed by atoms with Gasteiger partial charge in [-0.1, -0.05) is 158 Å². The van der Waals surface area contributed by atoms with Crippen molar-refractivity contribution in [2.24, 2.45) is 17.0 Å². The molecule has 3 aromatic carbocycles. The number of azide groups is 1. The lowest BCUT2D eigenvalue weighted by Crippen LogP contribution is -2.65. The van der Waals surface area contributed by atoms with E-state index in [-0.39, 0.29) is 49.0 Å². The molecule has 1 heterocycles. The summed E-state index contributed by atoms with van der Waals surface area (Å²) >= 11 is 0. The Labute approximate surface area is 410 Å². The summed E-state index contributed by atoms with van der Waals surface area (Å²) in [6, 6.07) is 24.6. The normalized spacial score (nSPS) is 18.3. The zero-order valence-corrected chi connectivity index (χ0v) is 46.6. The quantitative estimate of drug-likeness (QED) is 0.0128. The Hall–Kier alpha value is -4.03. The largest absolute Gasteiger partial charge is 0.493 e. The van der Waals surface area contributed by atoms with Gasteiger partial charge in [-0.25, -0.2) is 4.79 Å². The second-order valence-electron chi connectivity index (χ2n) is 22.0. The molecule has 0 radical (unpaired) electrons. The minimum absolute atomic E-state index is 0.0803. The minimum atomic E-state index is -3.21. The van der Waals surface area contributed by atoms with Gasteiger partial charge in [0.05, 0.1) is 32.0 Å². The fraction of sp³-hybridized carbons (Fsp3) is 0.566. The van der Waals surface area contributed by atoms with Crippen LogP contribution in [0.5, 0.6) is 11.5 Å². The second-order valence-corrected chi connectivity index (χ2v) is 36.3. The van der Waals surface area contributed by atoms with E-state index in [0.717, 1.165) is 22.8 Å².